The van der Waals surface area contributed by atoms with Gasteiger partial charge >= 0.3 is 5.97 Å². The topological polar surface area (TPSA) is 89.7 Å². The van der Waals surface area contributed by atoms with Gasteiger partial charge in [0.25, 0.3) is 0 Å². The molecule has 1 aromatic carbocycles. The number of nitrogens with zero attached hydrogens (tertiary/aromatic N) is 1. The number of sulfonamides is 1. The fourth-order valence-corrected chi connectivity index (χ4v) is 4.53. The molecule has 1 aliphatic heterocycles. The Hall–Kier alpha value is -1.44. The molecule has 2 rings (SSSR count). The molecule has 0 unspecified atom stereocenters. The fourth-order valence-electron chi connectivity index (χ4n) is 2.97. The molecule has 7 heteroatoms. The van der Waals surface area contributed by atoms with Gasteiger partial charge in [0.1, 0.15) is 0 Å². The first-order chi connectivity index (χ1) is 11.5. The van der Waals surface area contributed by atoms with Crippen molar-refractivity contribution in [3.63, 3.8) is 0 Å². The number of carbonyl (C=O) groups is 1. The molecule has 1 aromatic rings. The summed E-state index contributed by atoms with van der Waals surface area (Å²) in [5, 5.41) is 0. The summed E-state index contributed by atoms with van der Waals surface area (Å²) in [6.07, 6.45) is 2.71. The van der Waals surface area contributed by atoms with Crippen LogP contribution in [0.2, 0.25) is 0 Å². The van der Waals surface area contributed by atoms with Gasteiger partial charge in [-0.15, -0.1) is 0 Å². The van der Waals surface area contributed by atoms with E-state index < -0.39 is 16.0 Å². The van der Waals surface area contributed by atoms with Crippen molar-refractivity contribution in [3.05, 3.63) is 35.4 Å². The van der Waals surface area contributed by atoms with Gasteiger partial charge in [-0.05, 0) is 56.3 Å². The van der Waals surface area contributed by atoms with Crippen molar-refractivity contribution in [1.82, 2.24) is 4.31 Å². The van der Waals surface area contributed by atoms with Crippen LogP contribution >= 0.6 is 0 Å². The van der Waals surface area contributed by atoms with Crippen LogP contribution in [0.1, 0.15) is 42.1 Å². The Kier molecular flexibility index (Phi) is 6.77. The van der Waals surface area contributed by atoms with E-state index in [-0.39, 0.29) is 5.75 Å². The highest BCUT2D eigenvalue weighted by Crippen LogP contribution is 2.23. The summed E-state index contributed by atoms with van der Waals surface area (Å²) in [7, 11) is -3.33. The molecule has 0 radical (unpaired) electrons. The zero-order valence-electron chi connectivity index (χ0n) is 14.1. The summed E-state index contributed by atoms with van der Waals surface area (Å²) in [5.74, 6) is 0.0942. The minimum absolute atomic E-state index is 0.0440. The van der Waals surface area contributed by atoms with E-state index >= 15 is 0 Å². The average Bonchev–Trinajstić information content (AvgIpc) is 2.56. The Morgan fingerprint density at radius 1 is 1.25 bits per heavy atom. The third-order valence-electron chi connectivity index (χ3n) is 4.36. The van der Waals surface area contributed by atoms with Gasteiger partial charge in [-0.1, -0.05) is 12.1 Å². The normalized spacial score (nSPS) is 16.9. The third-order valence-corrected chi connectivity index (χ3v) is 6.21. The molecule has 2 N–H and O–H groups in total. The lowest BCUT2D eigenvalue weighted by Crippen LogP contribution is -2.39. The van der Waals surface area contributed by atoms with Gasteiger partial charge in [-0.3, -0.25) is 0 Å². The highest BCUT2D eigenvalue weighted by Gasteiger charge is 2.27. The quantitative estimate of drug-likeness (QED) is 0.754. The maximum Gasteiger partial charge on any atom is 0.338 e. The van der Waals surface area contributed by atoms with Crippen LogP contribution in [-0.2, 0) is 20.5 Å². The van der Waals surface area contributed by atoms with Crippen LogP contribution in [-0.4, -0.2) is 44.9 Å². The molecule has 0 spiro atoms. The number of ether oxygens (including phenoxy) is 1. The number of hydrogen-bond acceptors (Lipinski definition) is 5. The molecule has 6 nitrogen and oxygen atoms in total. The Morgan fingerprint density at radius 2 is 1.88 bits per heavy atom. The largest absolute Gasteiger partial charge is 0.462 e. The van der Waals surface area contributed by atoms with Gasteiger partial charge in [0, 0.05) is 13.1 Å². The molecule has 0 atom stereocenters. The molecule has 24 heavy (non-hydrogen) atoms. The van der Waals surface area contributed by atoms with E-state index in [1.807, 2.05) is 0 Å². The fraction of sp³-hybridized carbons (Fsp3) is 0.588. The highest BCUT2D eigenvalue weighted by atomic mass is 32.2. The van der Waals surface area contributed by atoms with Gasteiger partial charge in [-0.2, -0.15) is 0 Å². The molecule has 134 valence electrons. The summed E-state index contributed by atoms with van der Waals surface area (Å²) < 4.78 is 31.6. The number of esters is 1. The first-order valence-corrected chi connectivity index (χ1v) is 10.0. The Labute approximate surface area is 144 Å². The minimum Gasteiger partial charge on any atom is -0.462 e. The Bertz CT molecular complexity index is 635. The summed E-state index contributed by atoms with van der Waals surface area (Å²) in [5.41, 5.74) is 6.67. The van der Waals surface area contributed by atoms with E-state index in [9.17, 15) is 13.2 Å². The van der Waals surface area contributed by atoms with E-state index in [0.29, 0.717) is 43.3 Å². The van der Waals surface area contributed by atoms with Gasteiger partial charge < -0.3 is 10.5 Å². The lowest BCUT2D eigenvalue weighted by atomic mass is 9.95. The van der Waals surface area contributed by atoms with Crippen LogP contribution < -0.4 is 5.73 Å². The van der Waals surface area contributed by atoms with Crippen LogP contribution in [0.15, 0.2) is 24.3 Å². The second kappa shape index (κ2) is 8.60. The van der Waals surface area contributed by atoms with Crippen molar-refractivity contribution in [2.75, 3.05) is 26.2 Å². The molecule has 1 saturated heterocycles. The maximum absolute atomic E-state index is 12.6. The van der Waals surface area contributed by atoms with Crippen LogP contribution in [0.4, 0.5) is 0 Å². The van der Waals surface area contributed by atoms with E-state index in [0.717, 1.165) is 19.3 Å². The Balaban J connectivity index is 1.96. The summed E-state index contributed by atoms with van der Waals surface area (Å²) in [6, 6.07) is 6.56. The smallest absolute Gasteiger partial charge is 0.338 e. The van der Waals surface area contributed by atoms with E-state index in [1.54, 1.807) is 35.5 Å². The minimum atomic E-state index is -3.33. The number of carbonyl (C=O) groups excluding carboxylic acids is 1. The standard InChI is InChI=1S/C17H26N2O4S/c1-2-23-17(20)16-5-3-15(4-6-16)13-24(21,22)19-11-8-14(7-10-18)9-12-19/h3-6,14H,2,7-13,18H2,1H3. The predicted octanol–water partition coefficient (Wildman–Crippen LogP) is 1.75. The molecule has 0 bridgehead atoms. The lowest BCUT2D eigenvalue weighted by molar-refractivity contribution is 0.0526. The third kappa shape index (κ3) is 5.03. The van der Waals surface area contributed by atoms with Crippen LogP contribution in [0.5, 0.6) is 0 Å². The highest BCUT2D eigenvalue weighted by molar-refractivity contribution is 7.88. The van der Waals surface area contributed by atoms with Gasteiger partial charge in [0.05, 0.1) is 17.9 Å². The van der Waals surface area contributed by atoms with Crippen molar-refractivity contribution in [2.24, 2.45) is 11.7 Å². The van der Waals surface area contributed by atoms with Crippen LogP contribution in [0.3, 0.4) is 0 Å². The number of benzene rings is 1. The number of hydrogen-bond donors (Lipinski definition) is 1. The zero-order valence-corrected chi connectivity index (χ0v) is 14.9. The van der Waals surface area contributed by atoms with Crippen LogP contribution in [0.25, 0.3) is 0 Å². The number of nitrogens with two attached hydrogens (primary N) is 1. The number of piperidine rings is 1. The molecule has 1 aliphatic rings. The molecular formula is C17H26N2O4S. The van der Waals surface area contributed by atoms with Crippen molar-refractivity contribution in [3.8, 4) is 0 Å². The monoisotopic (exact) mass is 354 g/mol. The van der Waals surface area contributed by atoms with Crippen molar-refractivity contribution in [1.29, 1.82) is 0 Å². The lowest BCUT2D eigenvalue weighted by Gasteiger charge is -2.31. The van der Waals surface area contributed by atoms with E-state index in [1.165, 1.54) is 0 Å². The number of rotatable bonds is 7. The zero-order chi connectivity index (χ0) is 17.6. The summed E-state index contributed by atoms with van der Waals surface area (Å²) >= 11 is 0. The van der Waals surface area contributed by atoms with Crippen molar-refractivity contribution in [2.45, 2.75) is 31.9 Å². The van der Waals surface area contributed by atoms with E-state index in [2.05, 4.69) is 0 Å². The molecule has 0 aliphatic carbocycles. The molecule has 1 heterocycles. The maximum atomic E-state index is 12.6. The molecule has 0 saturated carbocycles. The van der Waals surface area contributed by atoms with E-state index in [4.69, 9.17) is 10.5 Å². The average molecular weight is 354 g/mol. The second-order valence-electron chi connectivity index (χ2n) is 6.09. The molecule has 1 fully saturated rings. The molecule has 0 amide bonds. The van der Waals surface area contributed by atoms with Gasteiger partial charge in [-0.25, -0.2) is 17.5 Å². The van der Waals surface area contributed by atoms with Gasteiger partial charge in [0.2, 0.25) is 10.0 Å². The Morgan fingerprint density at radius 3 is 2.42 bits per heavy atom. The summed E-state index contributed by atoms with van der Waals surface area (Å²) in [4.78, 5) is 11.6. The van der Waals surface area contributed by atoms with Crippen molar-refractivity contribution < 1.29 is 17.9 Å². The predicted molar refractivity (Wildman–Crippen MR) is 93.0 cm³/mol. The van der Waals surface area contributed by atoms with Gasteiger partial charge in [0.15, 0.2) is 0 Å². The molecular weight excluding hydrogens is 328 g/mol. The second-order valence-corrected chi connectivity index (χ2v) is 8.06. The molecule has 0 aromatic heterocycles. The van der Waals surface area contributed by atoms with Crippen LogP contribution in [0, 0.1) is 5.92 Å². The van der Waals surface area contributed by atoms with Crippen molar-refractivity contribution >= 4 is 16.0 Å². The first kappa shape index (κ1) is 18.9. The first-order valence-electron chi connectivity index (χ1n) is 8.40. The summed E-state index contributed by atoms with van der Waals surface area (Å²) in [6.45, 7) is 3.84. The SMILES string of the molecule is CCOC(=O)c1ccc(CS(=O)(=O)N2CCC(CCN)CC2)cc1.